The largest absolute Gasteiger partial charge is 0.497 e. The van der Waals surface area contributed by atoms with Gasteiger partial charge in [-0.25, -0.2) is 4.98 Å². The average molecular weight is 455 g/mol. The van der Waals surface area contributed by atoms with E-state index in [9.17, 15) is 14.7 Å². The molecule has 3 N–H and O–H groups in total. The molecule has 8 nitrogen and oxygen atoms in total. The van der Waals surface area contributed by atoms with E-state index in [1.807, 2.05) is 31.2 Å². The lowest BCUT2D eigenvalue weighted by molar-refractivity contribution is -0.122. The number of anilines is 1. The number of aromatic nitrogens is 2. The predicted octanol–water partition coefficient (Wildman–Crippen LogP) is 2.74. The number of hydrogen-bond acceptors (Lipinski definition) is 6. The van der Waals surface area contributed by atoms with Crippen molar-refractivity contribution in [2.24, 2.45) is 0 Å². The number of nitrogens with zero attached hydrogens (tertiary/aromatic N) is 2. The number of methoxy groups -OCH3 is 1. The van der Waals surface area contributed by atoms with E-state index < -0.39 is 0 Å². The fourth-order valence-electron chi connectivity index (χ4n) is 2.91. The Kier molecular flexibility index (Phi) is 8.29. The Morgan fingerprint density at radius 2 is 1.81 bits per heavy atom. The monoisotopic (exact) mass is 454 g/mol. The minimum Gasteiger partial charge on any atom is -0.497 e. The highest BCUT2D eigenvalue weighted by molar-refractivity contribution is 7.99. The molecule has 1 heterocycles. The van der Waals surface area contributed by atoms with Crippen LogP contribution in [-0.4, -0.2) is 39.3 Å². The number of benzene rings is 2. The Morgan fingerprint density at radius 1 is 1.09 bits per heavy atom. The van der Waals surface area contributed by atoms with Gasteiger partial charge in [-0.2, -0.15) is 0 Å². The molecule has 0 radical (unpaired) electrons. The maximum Gasteiger partial charge on any atom is 0.240 e. The summed E-state index contributed by atoms with van der Waals surface area (Å²) in [5.74, 6) is 0.405. The van der Waals surface area contributed by atoms with E-state index in [2.05, 4.69) is 15.6 Å². The molecular formula is C23H26N4O4S. The molecule has 0 spiro atoms. The third-order valence-corrected chi connectivity index (χ3v) is 5.67. The first-order valence-electron chi connectivity index (χ1n) is 10.0. The van der Waals surface area contributed by atoms with Crippen molar-refractivity contribution in [1.82, 2.24) is 14.9 Å². The van der Waals surface area contributed by atoms with Crippen LogP contribution < -0.4 is 15.4 Å². The number of aliphatic hydroxyl groups excluding tert-OH is 1. The Balaban J connectivity index is 1.55. The van der Waals surface area contributed by atoms with Gasteiger partial charge in [-0.05, 0) is 36.8 Å². The Morgan fingerprint density at radius 3 is 2.47 bits per heavy atom. The lowest BCUT2D eigenvalue weighted by Crippen LogP contribution is -2.28. The van der Waals surface area contributed by atoms with Crippen LogP contribution in [-0.2, 0) is 29.3 Å². The molecule has 2 aromatic carbocycles. The molecule has 0 atom stereocenters. The number of imidazole rings is 1. The summed E-state index contributed by atoms with van der Waals surface area (Å²) in [5, 5.41) is 15.8. The molecule has 168 valence electrons. The Bertz CT molecular complexity index is 1050. The van der Waals surface area contributed by atoms with Gasteiger partial charge >= 0.3 is 0 Å². The lowest BCUT2D eigenvalue weighted by Gasteiger charge is -2.11. The van der Waals surface area contributed by atoms with Crippen LogP contribution in [0.1, 0.15) is 16.8 Å². The number of amides is 2. The molecule has 0 unspecified atom stereocenters. The first-order chi connectivity index (χ1) is 15.5. The van der Waals surface area contributed by atoms with Gasteiger partial charge in [-0.3, -0.25) is 9.59 Å². The zero-order valence-electron chi connectivity index (χ0n) is 18.0. The standard InChI is InChI=1S/C23H26N4O4S/c1-16-3-5-17(6-4-16)11-24-21(29)13-27-19(14-28)12-25-23(27)32-15-22(30)26-18-7-9-20(31-2)10-8-18/h3-10,12,28H,11,13-15H2,1-2H3,(H,24,29)(H,26,30). The maximum atomic E-state index is 12.5. The van der Waals surface area contributed by atoms with Crippen LogP contribution in [0.2, 0.25) is 0 Å². The summed E-state index contributed by atoms with van der Waals surface area (Å²) in [4.78, 5) is 29.0. The number of hydrogen-bond donors (Lipinski definition) is 3. The summed E-state index contributed by atoms with van der Waals surface area (Å²) < 4.78 is 6.72. The fraction of sp³-hybridized carbons (Fsp3) is 0.261. The number of rotatable bonds is 10. The lowest BCUT2D eigenvalue weighted by atomic mass is 10.1. The first kappa shape index (κ1) is 23.4. The van der Waals surface area contributed by atoms with E-state index in [-0.39, 0.29) is 30.7 Å². The van der Waals surface area contributed by atoms with Gasteiger partial charge in [0.1, 0.15) is 12.3 Å². The van der Waals surface area contributed by atoms with Crippen molar-refractivity contribution in [2.75, 3.05) is 18.2 Å². The average Bonchev–Trinajstić information content (AvgIpc) is 3.19. The van der Waals surface area contributed by atoms with Crippen LogP contribution in [0.15, 0.2) is 59.9 Å². The van der Waals surface area contributed by atoms with E-state index in [1.54, 1.807) is 35.9 Å². The highest BCUT2D eigenvalue weighted by Gasteiger charge is 2.15. The molecule has 2 amide bonds. The van der Waals surface area contributed by atoms with Gasteiger partial charge in [0, 0.05) is 12.2 Å². The van der Waals surface area contributed by atoms with Gasteiger partial charge in [-0.15, -0.1) is 0 Å². The second kappa shape index (κ2) is 11.4. The Labute approximate surface area is 191 Å². The maximum absolute atomic E-state index is 12.5. The van der Waals surface area contributed by atoms with E-state index in [1.165, 1.54) is 18.0 Å². The SMILES string of the molecule is COc1ccc(NC(=O)CSc2ncc(CO)n2CC(=O)NCc2ccc(C)cc2)cc1. The number of nitrogens with one attached hydrogen (secondary N) is 2. The third-order valence-electron chi connectivity index (χ3n) is 4.68. The molecule has 1 aromatic heterocycles. The summed E-state index contributed by atoms with van der Waals surface area (Å²) in [6.07, 6.45) is 1.51. The number of carbonyl (C=O) groups is 2. The highest BCUT2D eigenvalue weighted by Crippen LogP contribution is 2.20. The molecule has 0 aliphatic heterocycles. The van der Waals surface area contributed by atoms with E-state index in [0.717, 1.165) is 11.1 Å². The summed E-state index contributed by atoms with van der Waals surface area (Å²) in [5.41, 5.74) is 3.32. The number of carbonyl (C=O) groups excluding carboxylic acids is 2. The summed E-state index contributed by atoms with van der Waals surface area (Å²) in [6, 6.07) is 15.0. The van der Waals surface area contributed by atoms with Crippen molar-refractivity contribution in [2.45, 2.75) is 31.8 Å². The van der Waals surface area contributed by atoms with Crippen molar-refractivity contribution in [3.63, 3.8) is 0 Å². The number of aliphatic hydroxyl groups is 1. The summed E-state index contributed by atoms with van der Waals surface area (Å²) >= 11 is 1.20. The predicted molar refractivity (Wildman–Crippen MR) is 124 cm³/mol. The van der Waals surface area contributed by atoms with Gasteiger partial charge in [-0.1, -0.05) is 41.6 Å². The molecule has 32 heavy (non-hydrogen) atoms. The van der Waals surface area contributed by atoms with Crippen molar-refractivity contribution in [3.8, 4) is 5.75 Å². The molecule has 0 saturated heterocycles. The van der Waals surface area contributed by atoms with Gasteiger partial charge in [0.15, 0.2) is 5.16 Å². The first-order valence-corrected chi connectivity index (χ1v) is 11.0. The van der Waals surface area contributed by atoms with E-state index in [4.69, 9.17) is 4.74 Å². The van der Waals surface area contributed by atoms with Crippen LogP contribution in [0.3, 0.4) is 0 Å². The highest BCUT2D eigenvalue weighted by atomic mass is 32.2. The van der Waals surface area contributed by atoms with Crippen molar-refractivity contribution >= 4 is 29.3 Å². The topological polar surface area (TPSA) is 105 Å². The minimum atomic E-state index is -0.253. The van der Waals surface area contributed by atoms with Crippen molar-refractivity contribution in [1.29, 1.82) is 0 Å². The van der Waals surface area contributed by atoms with Crippen LogP contribution >= 0.6 is 11.8 Å². The third kappa shape index (κ3) is 6.60. The molecule has 0 aliphatic rings. The second-order valence-corrected chi connectivity index (χ2v) is 8.05. The molecule has 3 aromatic rings. The number of ether oxygens (including phenoxy) is 1. The number of aryl methyl sites for hydroxylation is 1. The van der Waals surface area contributed by atoms with Crippen LogP contribution in [0.5, 0.6) is 5.75 Å². The molecule has 0 saturated carbocycles. The van der Waals surface area contributed by atoms with Crippen LogP contribution in [0.4, 0.5) is 5.69 Å². The zero-order valence-corrected chi connectivity index (χ0v) is 18.8. The molecule has 0 fully saturated rings. The normalized spacial score (nSPS) is 10.6. The quantitative estimate of drug-likeness (QED) is 0.407. The van der Waals surface area contributed by atoms with Gasteiger partial charge in [0.2, 0.25) is 11.8 Å². The summed E-state index contributed by atoms with van der Waals surface area (Å²) in [7, 11) is 1.58. The van der Waals surface area contributed by atoms with Gasteiger partial charge in [0.25, 0.3) is 0 Å². The van der Waals surface area contributed by atoms with Crippen LogP contribution in [0, 0.1) is 6.92 Å². The Hall–Kier alpha value is -3.30. The van der Waals surface area contributed by atoms with Crippen molar-refractivity contribution in [3.05, 3.63) is 71.5 Å². The second-order valence-electron chi connectivity index (χ2n) is 7.10. The van der Waals surface area contributed by atoms with E-state index >= 15 is 0 Å². The zero-order chi connectivity index (χ0) is 22.9. The fourth-order valence-corrected chi connectivity index (χ4v) is 3.71. The molecule has 3 rings (SSSR count). The summed E-state index contributed by atoms with van der Waals surface area (Å²) in [6.45, 7) is 2.17. The molecule has 0 aliphatic carbocycles. The number of thioether (sulfide) groups is 1. The van der Waals surface area contributed by atoms with Crippen LogP contribution in [0.25, 0.3) is 0 Å². The smallest absolute Gasteiger partial charge is 0.240 e. The van der Waals surface area contributed by atoms with Crippen molar-refractivity contribution < 1.29 is 19.4 Å². The molecular weight excluding hydrogens is 428 g/mol. The molecule has 0 bridgehead atoms. The van der Waals surface area contributed by atoms with E-state index in [0.29, 0.717) is 28.8 Å². The van der Waals surface area contributed by atoms with Gasteiger partial charge < -0.3 is 25.0 Å². The van der Waals surface area contributed by atoms with Gasteiger partial charge in [0.05, 0.1) is 31.4 Å². The minimum absolute atomic E-state index is 0.00415. The molecule has 9 heteroatoms.